The zero-order valence-electron chi connectivity index (χ0n) is 14.4. The molecule has 2 aromatic rings. The molecule has 1 saturated heterocycles. The second-order valence-corrected chi connectivity index (χ2v) is 7.12. The van der Waals surface area contributed by atoms with Gasteiger partial charge in [0, 0.05) is 26.2 Å². The van der Waals surface area contributed by atoms with Gasteiger partial charge in [-0.25, -0.2) is 8.78 Å². The quantitative estimate of drug-likeness (QED) is 0.797. The fraction of sp³-hybridized carbons (Fsp3) is 0.438. The Balaban J connectivity index is 1.64. The van der Waals surface area contributed by atoms with Gasteiger partial charge >= 0.3 is 0 Å². The Hall–Kier alpha value is -2.20. The Bertz CT molecular complexity index is 795. The van der Waals surface area contributed by atoms with Gasteiger partial charge in [0.25, 0.3) is 0 Å². The van der Waals surface area contributed by atoms with Crippen LogP contribution in [0.15, 0.2) is 23.4 Å². The summed E-state index contributed by atoms with van der Waals surface area (Å²) in [5.74, 6) is -1.20. The maximum absolute atomic E-state index is 13.7. The molecule has 2 heterocycles. The minimum absolute atomic E-state index is 0.0594. The highest BCUT2D eigenvalue weighted by Crippen LogP contribution is 2.26. The monoisotopic (exact) mass is 383 g/mol. The van der Waals surface area contributed by atoms with E-state index in [-0.39, 0.29) is 5.69 Å². The maximum atomic E-state index is 13.7. The third-order valence-corrected chi connectivity index (χ3v) is 5.08. The highest BCUT2D eigenvalue weighted by molar-refractivity contribution is 8.00. The Morgan fingerprint density at radius 1 is 1.31 bits per heavy atom. The lowest BCUT2D eigenvalue weighted by molar-refractivity contribution is -0.115. The van der Waals surface area contributed by atoms with E-state index in [0.29, 0.717) is 24.3 Å². The average Bonchev–Trinajstić information content (AvgIpc) is 2.98. The molecule has 7 nitrogen and oxygen atoms in total. The van der Waals surface area contributed by atoms with Crippen molar-refractivity contribution >= 4 is 29.3 Å². The molecule has 10 heteroatoms. The van der Waals surface area contributed by atoms with Crippen LogP contribution >= 0.6 is 11.8 Å². The molecular formula is C16H19F2N5O2S. The zero-order valence-corrected chi connectivity index (χ0v) is 15.2. The van der Waals surface area contributed by atoms with Gasteiger partial charge in [0.15, 0.2) is 5.16 Å². The topological polar surface area (TPSA) is 72.3 Å². The molecule has 1 fully saturated rings. The second kappa shape index (κ2) is 8.00. The number of hydrogen-bond donors (Lipinski definition) is 1. The lowest BCUT2D eigenvalue weighted by Crippen LogP contribution is -2.37. The number of anilines is 2. The van der Waals surface area contributed by atoms with E-state index in [2.05, 4.69) is 20.4 Å². The van der Waals surface area contributed by atoms with E-state index in [1.807, 2.05) is 11.6 Å². The fourth-order valence-corrected chi connectivity index (χ4v) is 3.30. The molecule has 1 amide bonds. The lowest BCUT2D eigenvalue weighted by Gasteiger charge is -2.27. The van der Waals surface area contributed by atoms with Gasteiger partial charge < -0.3 is 15.0 Å². The number of thioether (sulfide) groups is 1. The van der Waals surface area contributed by atoms with Crippen LogP contribution in [0.3, 0.4) is 0 Å². The summed E-state index contributed by atoms with van der Waals surface area (Å²) in [7, 11) is 1.83. The second-order valence-electron chi connectivity index (χ2n) is 5.81. The van der Waals surface area contributed by atoms with Gasteiger partial charge in [-0.05, 0) is 19.1 Å². The van der Waals surface area contributed by atoms with Crippen molar-refractivity contribution in [1.82, 2.24) is 14.8 Å². The number of carbonyl (C=O) groups is 1. The predicted molar refractivity (Wildman–Crippen MR) is 94.3 cm³/mol. The van der Waals surface area contributed by atoms with Crippen molar-refractivity contribution in [3.05, 3.63) is 29.8 Å². The van der Waals surface area contributed by atoms with Crippen molar-refractivity contribution in [3.63, 3.8) is 0 Å². The van der Waals surface area contributed by atoms with Crippen molar-refractivity contribution in [3.8, 4) is 0 Å². The van der Waals surface area contributed by atoms with Gasteiger partial charge in [-0.2, -0.15) is 0 Å². The van der Waals surface area contributed by atoms with Crippen LogP contribution in [0.2, 0.25) is 0 Å². The highest BCUT2D eigenvalue weighted by Gasteiger charge is 2.22. The van der Waals surface area contributed by atoms with Gasteiger partial charge in [-0.1, -0.05) is 11.8 Å². The molecule has 0 aliphatic carbocycles. The van der Waals surface area contributed by atoms with Crippen molar-refractivity contribution in [1.29, 1.82) is 0 Å². The van der Waals surface area contributed by atoms with Crippen LogP contribution in [-0.4, -0.2) is 52.2 Å². The van der Waals surface area contributed by atoms with Gasteiger partial charge in [-0.15, -0.1) is 10.2 Å². The number of nitrogens with one attached hydrogen (secondary N) is 1. The first-order chi connectivity index (χ1) is 12.5. The van der Waals surface area contributed by atoms with E-state index in [1.165, 1.54) is 17.8 Å². The summed E-state index contributed by atoms with van der Waals surface area (Å²) in [4.78, 5) is 14.4. The van der Waals surface area contributed by atoms with Gasteiger partial charge in [0.1, 0.15) is 11.6 Å². The van der Waals surface area contributed by atoms with Crippen molar-refractivity contribution in [2.24, 2.45) is 7.05 Å². The smallest absolute Gasteiger partial charge is 0.237 e. The largest absolute Gasteiger partial charge is 0.378 e. The number of ether oxygens (including phenoxy) is 1. The summed E-state index contributed by atoms with van der Waals surface area (Å²) in [5, 5.41) is 10.8. The number of carbonyl (C=O) groups excluding carboxylic acids is 1. The standard InChI is InChI=1S/C16H19F2N5O2S/c1-10(14(24)19-13-4-3-11(17)9-12(13)18)26-16-21-20-15(22(16)2)23-5-7-25-8-6-23/h3-4,9-10H,5-8H2,1-2H3,(H,19,24). The molecule has 0 radical (unpaired) electrons. The lowest BCUT2D eigenvalue weighted by atomic mass is 10.3. The summed E-state index contributed by atoms with van der Waals surface area (Å²) < 4.78 is 33.8. The molecule has 1 aromatic heterocycles. The zero-order chi connectivity index (χ0) is 18.7. The summed E-state index contributed by atoms with van der Waals surface area (Å²) in [5.41, 5.74) is -0.0594. The number of halogens is 2. The summed E-state index contributed by atoms with van der Waals surface area (Å²) in [6.45, 7) is 4.42. The fourth-order valence-electron chi connectivity index (χ4n) is 2.49. The first kappa shape index (κ1) is 18.6. The van der Waals surface area contributed by atoms with E-state index >= 15 is 0 Å². The number of aromatic nitrogens is 3. The molecule has 1 unspecified atom stereocenters. The first-order valence-corrected chi connectivity index (χ1v) is 8.98. The normalized spacial score (nSPS) is 15.8. The van der Waals surface area contributed by atoms with Crippen LogP contribution in [0.1, 0.15) is 6.92 Å². The van der Waals surface area contributed by atoms with Gasteiger partial charge in [-0.3, -0.25) is 9.36 Å². The van der Waals surface area contributed by atoms with E-state index in [0.717, 1.165) is 25.2 Å². The highest BCUT2D eigenvalue weighted by atomic mass is 32.2. The van der Waals surface area contributed by atoms with Gasteiger partial charge in [0.2, 0.25) is 11.9 Å². The molecule has 140 valence electrons. The third kappa shape index (κ3) is 4.13. The Kier molecular flexibility index (Phi) is 5.72. The van der Waals surface area contributed by atoms with E-state index in [4.69, 9.17) is 4.74 Å². The number of nitrogens with zero attached hydrogens (tertiary/aromatic N) is 4. The molecule has 26 heavy (non-hydrogen) atoms. The molecule has 0 bridgehead atoms. The molecule has 3 rings (SSSR count). The molecule has 0 saturated carbocycles. The Labute approximate surface area is 153 Å². The van der Waals surface area contributed by atoms with Crippen molar-refractivity contribution < 1.29 is 18.3 Å². The van der Waals surface area contributed by atoms with Crippen LogP contribution < -0.4 is 10.2 Å². The number of hydrogen-bond acceptors (Lipinski definition) is 6. The SMILES string of the molecule is CC(Sc1nnc(N2CCOCC2)n1C)C(=O)Nc1ccc(F)cc1F. The van der Waals surface area contributed by atoms with E-state index in [1.54, 1.807) is 6.92 Å². The Morgan fingerprint density at radius 3 is 2.73 bits per heavy atom. The van der Waals surface area contributed by atoms with Crippen LogP contribution in [-0.2, 0) is 16.6 Å². The number of benzene rings is 1. The molecule has 1 atom stereocenters. The van der Waals surface area contributed by atoms with Crippen molar-refractivity contribution in [2.75, 3.05) is 36.5 Å². The van der Waals surface area contributed by atoms with E-state index < -0.39 is 22.8 Å². The maximum Gasteiger partial charge on any atom is 0.237 e. The number of morpholine rings is 1. The molecular weight excluding hydrogens is 364 g/mol. The van der Waals surface area contributed by atoms with Crippen molar-refractivity contribution in [2.45, 2.75) is 17.3 Å². The predicted octanol–water partition coefficient (Wildman–Crippen LogP) is 2.05. The minimum Gasteiger partial charge on any atom is -0.378 e. The summed E-state index contributed by atoms with van der Waals surface area (Å²) in [6.07, 6.45) is 0. The third-order valence-electron chi connectivity index (χ3n) is 3.95. The number of amides is 1. The van der Waals surface area contributed by atoms with Gasteiger partial charge in [0.05, 0.1) is 24.2 Å². The average molecular weight is 383 g/mol. The minimum atomic E-state index is -0.816. The van der Waals surface area contributed by atoms with Crippen LogP contribution in [0.25, 0.3) is 0 Å². The molecule has 0 spiro atoms. The molecule has 1 aliphatic heterocycles. The van der Waals surface area contributed by atoms with Crippen LogP contribution in [0.4, 0.5) is 20.4 Å². The molecule has 1 aliphatic rings. The van der Waals surface area contributed by atoms with Crippen LogP contribution in [0.5, 0.6) is 0 Å². The van der Waals surface area contributed by atoms with Crippen LogP contribution in [0, 0.1) is 11.6 Å². The molecule has 1 aromatic carbocycles. The molecule has 1 N–H and O–H groups in total. The Morgan fingerprint density at radius 2 is 2.04 bits per heavy atom. The first-order valence-electron chi connectivity index (χ1n) is 8.10. The summed E-state index contributed by atoms with van der Waals surface area (Å²) in [6, 6.07) is 3.01. The van der Waals surface area contributed by atoms with E-state index in [9.17, 15) is 13.6 Å². The summed E-state index contributed by atoms with van der Waals surface area (Å²) >= 11 is 1.21. The number of rotatable bonds is 5.